The number of hydrogen-bond donors (Lipinski definition) is 2. The summed E-state index contributed by atoms with van der Waals surface area (Å²) in [4.78, 5) is 0. The Hall–Kier alpha value is 0.210. The summed E-state index contributed by atoms with van der Waals surface area (Å²) in [5.41, 5.74) is 0. The fraction of sp³-hybridized carbons (Fsp3) is 1.00. The third-order valence-corrected chi connectivity index (χ3v) is 1.16. The van der Waals surface area contributed by atoms with Gasteiger partial charge in [-0.05, 0) is 6.54 Å². The molecular formula is C5H12ClNO. The number of hydrogen-bond acceptors (Lipinski definition) is 2. The first-order chi connectivity index (χ1) is 3.81. The van der Waals surface area contributed by atoms with Crippen LogP contribution in [0.2, 0.25) is 0 Å². The fourth-order valence-electron chi connectivity index (χ4n) is 0.366. The van der Waals surface area contributed by atoms with Crippen LogP contribution in [0, 0.1) is 0 Å². The summed E-state index contributed by atoms with van der Waals surface area (Å²) in [6.45, 7) is 3.47. The maximum Gasteiger partial charge on any atom is 0.0799 e. The van der Waals surface area contributed by atoms with Gasteiger partial charge in [0.05, 0.1) is 6.10 Å². The van der Waals surface area contributed by atoms with Crippen molar-refractivity contribution in [1.82, 2.24) is 5.32 Å². The van der Waals surface area contributed by atoms with E-state index in [1.54, 1.807) is 0 Å². The molecule has 0 saturated heterocycles. The minimum Gasteiger partial charge on any atom is -0.391 e. The molecule has 0 radical (unpaired) electrons. The van der Waals surface area contributed by atoms with Gasteiger partial charge >= 0.3 is 0 Å². The highest BCUT2D eigenvalue weighted by molar-refractivity contribution is 6.18. The number of aliphatic hydroxyl groups excluding tert-OH is 1. The quantitative estimate of drug-likeness (QED) is 0.543. The standard InChI is InChI=1S/C5H12ClNO/c1-2-7-4-5(8)3-6/h5,7-8H,2-4H2,1H3. The Bertz CT molecular complexity index is 51.7. The Morgan fingerprint density at radius 3 is 2.75 bits per heavy atom. The number of aliphatic hydroxyl groups is 1. The van der Waals surface area contributed by atoms with Crippen LogP contribution in [-0.4, -0.2) is 30.2 Å². The van der Waals surface area contributed by atoms with Crippen molar-refractivity contribution in [2.45, 2.75) is 13.0 Å². The zero-order valence-electron chi connectivity index (χ0n) is 5.02. The molecule has 0 aliphatic rings. The molecule has 2 N–H and O–H groups in total. The SMILES string of the molecule is CCNCC(O)CCl. The molecule has 0 aromatic heterocycles. The Morgan fingerprint density at radius 2 is 2.38 bits per heavy atom. The molecule has 0 aliphatic carbocycles. The lowest BCUT2D eigenvalue weighted by Crippen LogP contribution is -2.27. The Labute approximate surface area is 54.8 Å². The highest BCUT2D eigenvalue weighted by Gasteiger charge is 1.97. The van der Waals surface area contributed by atoms with Crippen molar-refractivity contribution in [1.29, 1.82) is 0 Å². The van der Waals surface area contributed by atoms with E-state index in [9.17, 15) is 0 Å². The van der Waals surface area contributed by atoms with Gasteiger partial charge in [-0.3, -0.25) is 0 Å². The van der Waals surface area contributed by atoms with Crippen molar-refractivity contribution < 1.29 is 5.11 Å². The highest BCUT2D eigenvalue weighted by Crippen LogP contribution is 1.82. The van der Waals surface area contributed by atoms with E-state index in [2.05, 4.69) is 5.32 Å². The average molecular weight is 138 g/mol. The summed E-state index contributed by atoms with van der Waals surface area (Å²) in [7, 11) is 0. The monoisotopic (exact) mass is 137 g/mol. The van der Waals surface area contributed by atoms with Crippen molar-refractivity contribution in [2.75, 3.05) is 19.0 Å². The van der Waals surface area contributed by atoms with Gasteiger partial charge in [-0.1, -0.05) is 6.92 Å². The molecule has 50 valence electrons. The Balaban J connectivity index is 2.86. The second-order valence-electron chi connectivity index (χ2n) is 1.62. The minimum absolute atomic E-state index is 0.312. The predicted molar refractivity (Wildman–Crippen MR) is 35.3 cm³/mol. The second kappa shape index (κ2) is 5.35. The van der Waals surface area contributed by atoms with Gasteiger partial charge in [0.25, 0.3) is 0 Å². The van der Waals surface area contributed by atoms with Gasteiger partial charge in [0.15, 0.2) is 0 Å². The van der Waals surface area contributed by atoms with E-state index in [-0.39, 0.29) is 0 Å². The minimum atomic E-state index is -0.392. The number of rotatable bonds is 4. The lowest BCUT2D eigenvalue weighted by molar-refractivity contribution is 0.195. The van der Waals surface area contributed by atoms with Gasteiger partial charge in [-0.2, -0.15) is 0 Å². The van der Waals surface area contributed by atoms with E-state index in [0.717, 1.165) is 6.54 Å². The molecule has 0 amide bonds. The summed E-state index contributed by atoms with van der Waals surface area (Å²) in [5, 5.41) is 11.8. The summed E-state index contributed by atoms with van der Waals surface area (Å²) in [6, 6.07) is 0. The molecular weight excluding hydrogens is 126 g/mol. The van der Waals surface area contributed by atoms with Crippen LogP contribution in [0.3, 0.4) is 0 Å². The van der Waals surface area contributed by atoms with Crippen LogP contribution < -0.4 is 5.32 Å². The normalized spacial score (nSPS) is 13.9. The van der Waals surface area contributed by atoms with E-state index >= 15 is 0 Å². The lowest BCUT2D eigenvalue weighted by atomic mass is 10.4. The molecule has 0 fully saturated rings. The third kappa shape index (κ3) is 4.37. The zero-order chi connectivity index (χ0) is 6.41. The second-order valence-corrected chi connectivity index (χ2v) is 1.92. The highest BCUT2D eigenvalue weighted by atomic mass is 35.5. The van der Waals surface area contributed by atoms with Crippen LogP contribution in [0.5, 0.6) is 0 Å². The lowest BCUT2D eigenvalue weighted by Gasteiger charge is -2.04. The Morgan fingerprint density at radius 1 is 1.75 bits per heavy atom. The van der Waals surface area contributed by atoms with Gasteiger partial charge in [-0.15, -0.1) is 11.6 Å². The third-order valence-electron chi connectivity index (χ3n) is 0.808. The van der Waals surface area contributed by atoms with Gasteiger partial charge in [0.1, 0.15) is 0 Å². The van der Waals surface area contributed by atoms with Crippen molar-refractivity contribution >= 4 is 11.6 Å². The van der Waals surface area contributed by atoms with Crippen LogP contribution in [0.1, 0.15) is 6.92 Å². The number of halogens is 1. The van der Waals surface area contributed by atoms with Crippen LogP contribution in [0.25, 0.3) is 0 Å². The van der Waals surface area contributed by atoms with Gasteiger partial charge in [0.2, 0.25) is 0 Å². The molecule has 1 atom stereocenters. The molecule has 0 heterocycles. The first-order valence-corrected chi connectivity index (χ1v) is 3.29. The molecule has 0 bridgehead atoms. The van der Waals surface area contributed by atoms with Crippen molar-refractivity contribution in [2.24, 2.45) is 0 Å². The van der Waals surface area contributed by atoms with Crippen LogP contribution in [0.15, 0.2) is 0 Å². The van der Waals surface area contributed by atoms with Gasteiger partial charge < -0.3 is 10.4 Å². The summed E-state index contributed by atoms with van der Waals surface area (Å²) in [6.07, 6.45) is -0.392. The number of likely N-dealkylation sites (N-methyl/N-ethyl adjacent to an activating group) is 1. The van der Waals surface area contributed by atoms with Crippen LogP contribution in [-0.2, 0) is 0 Å². The van der Waals surface area contributed by atoms with Gasteiger partial charge in [0, 0.05) is 12.4 Å². The summed E-state index contributed by atoms with van der Waals surface area (Å²) in [5.74, 6) is 0.312. The number of alkyl halides is 1. The van der Waals surface area contributed by atoms with Crippen molar-refractivity contribution in [3.63, 3.8) is 0 Å². The van der Waals surface area contributed by atoms with Crippen LogP contribution >= 0.6 is 11.6 Å². The average Bonchev–Trinajstić information content (AvgIpc) is 1.83. The molecule has 1 unspecified atom stereocenters. The molecule has 0 aromatic carbocycles. The maximum atomic E-state index is 8.79. The predicted octanol–water partition coefficient (Wildman–Crippen LogP) is 0.196. The van der Waals surface area contributed by atoms with E-state index in [1.807, 2.05) is 6.92 Å². The molecule has 0 aromatic rings. The topological polar surface area (TPSA) is 32.3 Å². The fourth-order valence-corrected chi connectivity index (χ4v) is 0.475. The summed E-state index contributed by atoms with van der Waals surface area (Å²) >= 11 is 5.30. The molecule has 0 spiro atoms. The first kappa shape index (κ1) is 8.21. The van der Waals surface area contributed by atoms with Crippen molar-refractivity contribution in [3.8, 4) is 0 Å². The van der Waals surface area contributed by atoms with Crippen LogP contribution in [0.4, 0.5) is 0 Å². The summed E-state index contributed by atoms with van der Waals surface area (Å²) < 4.78 is 0. The first-order valence-electron chi connectivity index (χ1n) is 2.76. The maximum absolute atomic E-state index is 8.79. The molecule has 8 heavy (non-hydrogen) atoms. The van der Waals surface area contributed by atoms with E-state index in [0.29, 0.717) is 12.4 Å². The van der Waals surface area contributed by atoms with Crippen molar-refractivity contribution in [3.05, 3.63) is 0 Å². The smallest absolute Gasteiger partial charge is 0.0799 e. The van der Waals surface area contributed by atoms with Gasteiger partial charge in [-0.25, -0.2) is 0 Å². The molecule has 3 heteroatoms. The number of nitrogens with one attached hydrogen (secondary N) is 1. The largest absolute Gasteiger partial charge is 0.391 e. The molecule has 0 aliphatic heterocycles. The zero-order valence-corrected chi connectivity index (χ0v) is 5.78. The Kier molecular flexibility index (Phi) is 5.49. The van der Waals surface area contributed by atoms with E-state index < -0.39 is 6.10 Å². The molecule has 0 saturated carbocycles. The molecule has 0 rings (SSSR count). The van der Waals surface area contributed by atoms with E-state index in [1.165, 1.54) is 0 Å². The molecule has 2 nitrogen and oxygen atoms in total. The van der Waals surface area contributed by atoms with E-state index in [4.69, 9.17) is 16.7 Å².